The standard InChI is InChI=1S/C18H14N4O2/c1-11-6-2-3-7-12(11)15(10-19)20-18(24)16-17(23)13-8-4-5-9-14(13)21-22-16/h2-9,15H,1H3,(H,20,24)(H,21,23). The molecular formula is C18H14N4O2. The molecule has 6 nitrogen and oxygen atoms in total. The number of H-pyrrole nitrogens is 1. The molecule has 1 unspecified atom stereocenters. The third-order valence-electron chi connectivity index (χ3n) is 3.79. The SMILES string of the molecule is Cc1ccccc1C(C#N)NC(=O)c1n[nH]c2ccccc2c1=O. The Bertz CT molecular complexity index is 1020. The Hall–Kier alpha value is -3.46. The fourth-order valence-electron chi connectivity index (χ4n) is 2.52. The first kappa shape index (κ1) is 15.4. The van der Waals surface area contributed by atoms with Crippen molar-refractivity contribution in [2.45, 2.75) is 13.0 Å². The number of carbonyl (C=O) groups excluding carboxylic acids is 1. The van der Waals surface area contributed by atoms with Gasteiger partial charge in [0.2, 0.25) is 5.43 Å². The minimum atomic E-state index is -0.855. The molecule has 3 aromatic rings. The molecule has 1 aromatic heterocycles. The van der Waals surface area contributed by atoms with Crippen LogP contribution in [-0.2, 0) is 0 Å². The van der Waals surface area contributed by atoms with Gasteiger partial charge in [0, 0.05) is 5.39 Å². The van der Waals surface area contributed by atoms with Crippen molar-refractivity contribution in [2.24, 2.45) is 0 Å². The highest BCUT2D eigenvalue weighted by Gasteiger charge is 2.20. The van der Waals surface area contributed by atoms with Gasteiger partial charge in [-0.15, -0.1) is 0 Å². The molecule has 118 valence electrons. The molecule has 0 radical (unpaired) electrons. The minimum Gasteiger partial charge on any atom is -0.331 e. The molecule has 6 heteroatoms. The van der Waals surface area contributed by atoms with Crippen LogP contribution in [0, 0.1) is 18.3 Å². The van der Waals surface area contributed by atoms with E-state index in [1.165, 1.54) is 0 Å². The average Bonchev–Trinajstić information content (AvgIpc) is 2.61. The summed E-state index contributed by atoms with van der Waals surface area (Å²) in [5, 5.41) is 18.9. The number of hydrogen-bond acceptors (Lipinski definition) is 4. The molecule has 0 bridgehead atoms. The van der Waals surface area contributed by atoms with E-state index in [0.29, 0.717) is 16.5 Å². The quantitative estimate of drug-likeness (QED) is 0.773. The molecule has 0 spiro atoms. The Morgan fingerprint density at radius 2 is 1.92 bits per heavy atom. The maximum absolute atomic E-state index is 12.4. The normalized spacial score (nSPS) is 11.7. The van der Waals surface area contributed by atoms with Crippen LogP contribution in [0.1, 0.15) is 27.7 Å². The predicted octanol–water partition coefficient (Wildman–Crippen LogP) is 2.23. The second-order valence-electron chi connectivity index (χ2n) is 5.34. The number of amides is 1. The van der Waals surface area contributed by atoms with Crippen molar-refractivity contribution in [3.63, 3.8) is 0 Å². The van der Waals surface area contributed by atoms with Gasteiger partial charge in [-0.2, -0.15) is 10.4 Å². The summed E-state index contributed by atoms with van der Waals surface area (Å²) in [7, 11) is 0. The van der Waals surface area contributed by atoms with E-state index in [1.807, 2.05) is 25.1 Å². The van der Waals surface area contributed by atoms with Crippen LogP contribution in [0.25, 0.3) is 10.9 Å². The van der Waals surface area contributed by atoms with E-state index in [9.17, 15) is 14.9 Å². The summed E-state index contributed by atoms with van der Waals surface area (Å²) in [4.78, 5) is 24.8. The fourth-order valence-corrected chi connectivity index (χ4v) is 2.52. The number of aromatic amines is 1. The van der Waals surface area contributed by atoms with Crippen molar-refractivity contribution in [1.29, 1.82) is 5.26 Å². The molecule has 1 atom stereocenters. The number of fused-ring (bicyclic) bond motifs is 1. The van der Waals surface area contributed by atoms with E-state index in [2.05, 4.69) is 15.5 Å². The van der Waals surface area contributed by atoms with Crippen LogP contribution in [0.4, 0.5) is 0 Å². The number of benzene rings is 2. The number of rotatable bonds is 3. The van der Waals surface area contributed by atoms with Crippen LogP contribution in [-0.4, -0.2) is 16.1 Å². The lowest BCUT2D eigenvalue weighted by Gasteiger charge is -2.13. The minimum absolute atomic E-state index is 0.262. The fraction of sp³-hybridized carbons (Fsp3) is 0.111. The highest BCUT2D eigenvalue weighted by molar-refractivity contribution is 5.95. The first-order valence-electron chi connectivity index (χ1n) is 7.35. The Labute approximate surface area is 137 Å². The highest BCUT2D eigenvalue weighted by atomic mass is 16.2. The third kappa shape index (κ3) is 2.75. The Morgan fingerprint density at radius 1 is 1.21 bits per heavy atom. The molecule has 2 aromatic carbocycles. The van der Waals surface area contributed by atoms with Gasteiger partial charge in [-0.05, 0) is 30.2 Å². The van der Waals surface area contributed by atoms with Gasteiger partial charge in [-0.1, -0.05) is 36.4 Å². The van der Waals surface area contributed by atoms with Gasteiger partial charge in [-0.3, -0.25) is 14.7 Å². The van der Waals surface area contributed by atoms with Crippen molar-refractivity contribution < 1.29 is 4.79 Å². The van der Waals surface area contributed by atoms with E-state index in [4.69, 9.17) is 0 Å². The monoisotopic (exact) mass is 318 g/mol. The number of nitrogens with one attached hydrogen (secondary N) is 2. The summed E-state index contributed by atoms with van der Waals surface area (Å²) < 4.78 is 0. The zero-order valence-corrected chi connectivity index (χ0v) is 12.9. The Morgan fingerprint density at radius 3 is 2.67 bits per heavy atom. The molecule has 0 fully saturated rings. The van der Waals surface area contributed by atoms with Crippen LogP contribution >= 0.6 is 0 Å². The number of para-hydroxylation sites is 1. The first-order valence-corrected chi connectivity index (χ1v) is 7.35. The zero-order valence-electron chi connectivity index (χ0n) is 12.9. The number of nitrogens with zero attached hydrogens (tertiary/aromatic N) is 2. The largest absolute Gasteiger partial charge is 0.331 e. The summed E-state index contributed by atoms with van der Waals surface area (Å²) in [6.07, 6.45) is 0. The topological polar surface area (TPSA) is 98.6 Å². The molecule has 1 heterocycles. The second kappa shape index (κ2) is 6.34. The van der Waals surface area contributed by atoms with Crippen molar-refractivity contribution in [3.05, 3.63) is 75.6 Å². The molecule has 1 amide bonds. The molecule has 0 aliphatic heterocycles. The van der Waals surface area contributed by atoms with E-state index >= 15 is 0 Å². The zero-order chi connectivity index (χ0) is 17.1. The number of hydrogen-bond donors (Lipinski definition) is 2. The van der Waals surface area contributed by atoms with Gasteiger partial charge in [0.15, 0.2) is 5.69 Å². The summed E-state index contributed by atoms with van der Waals surface area (Å²) in [5.41, 5.74) is 1.39. The highest BCUT2D eigenvalue weighted by Crippen LogP contribution is 2.17. The summed E-state index contributed by atoms with van der Waals surface area (Å²) >= 11 is 0. The molecule has 0 aliphatic carbocycles. The van der Waals surface area contributed by atoms with E-state index in [0.717, 1.165) is 5.56 Å². The predicted molar refractivity (Wildman–Crippen MR) is 89.4 cm³/mol. The molecule has 2 N–H and O–H groups in total. The van der Waals surface area contributed by atoms with Crippen LogP contribution in [0.2, 0.25) is 0 Å². The smallest absolute Gasteiger partial charge is 0.277 e. The van der Waals surface area contributed by atoms with E-state index < -0.39 is 17.4 Å². The van der Waals surface area contributed by atoms with E-state index in [1.54, 1.807) is 36.4 Å². The van der Waals surface area contributed by atoms with Crippen molar-refractivity contribution in [1.82, 2.24) is 15.5 Å². The molecular weight excluding hydrogens is 304 g/mol. The second-order valence-corrected chi connectivity index (χ2v) is 5.34. The van der Waals surface area contributed by atoms with Crippen LogP contribution in [0.15, 0.2) is 53.3 Å². The maximum Gasteiger partial charge on any atom is 0.277 e. The lowest BCUT2D eigenvalue weighted by atomic mass is 10.0. The van der Waals surface area contributed by atoms with Crippen molar-refractivity contribution >= 4 is 16.8 Å². The van der Waals surface area contributed by atoms with Gasteiger partial charge in [0.1, 0.15) is 6.04 Å². The number of nitriles is 1. The van der Waals surface area contributed by atoms with Crippen LogP contribution in [0.5, 0.6) is 0 Å². The average molecular weight is 318 g/mol. The third-order valence-corrected chi connectivity index (χ3v) is 3.79. The molecule has 0 aliphatic rings. The van der Waals surface area contributed by atoms with Crippen LogP contribution in [0.3, 0.4) is 0 Å². The lowest BCUT2D eigenvalue weighted by Crippen LogP contribution is -2.33. The molecule has 0 saturated carbocycles. The van der Waals surface area contributed by atoms with Crippen LogP contribution < -0.4 is 10.7 Å². The van der Waals surface area contributed by atoms with Gasteiger partial charge in [0.05, 0.1) is 11.6 Å². The first-order chi connectivity index (χ1) is 11.6. The summed E-state index contributed by atoms with van der Waals surface area (Å²) in [6.45, 7) is 1.85. The molecule has 0 saturated heterocycles. The van der Waals surface area contributed by atoms with Crippen molar-refractivity contribution in [2.75, 3.05) is 0 Å². The molecule has 24 heavy (non-hydrogen) atoms. The maximum atomic E-state index is 12.4. The summed E-state index contributed by atoms with van der Waals surface area (Å²) in [6, 6.07) is 15.3. The number of aryl methyl sites for hydroxylation is 1. The lowest BCUT2D eigenvalue weighted by molar-refractivity contribution is 0.0938. The molecule has 3 rings (SSSR count). The summed E-state index contributed by atoms with van der Waals surface area (Å²) in [5.74, 6) is -0.684. The van der Waals surface area contributed by atoms with E-state index in [-0.39, 0.29) is 5.69 Å². The van der Waals surface area contributed by atoms with Gasteiger partial charge < -0.3 is 5.32 Å². The van der Waals surface area contributed by atoms with Gasteiger partial charge in [0.25, 0.3) is 5.91 Å². The Kier molecular flexibility index (Phi) is 4.08. The number of aromatic nitrogens is 2. The van der Waals surface area contributed by atoms with Gasteiger partial charge in [-0.25, -0.2) is 0 Å². The Balaban J connectivity index is 1.95. The van der Waals surface area contributed by atoms with Crippen molar-refractivity contribution in [3.8, 4) is 6.07 Å². The van der Waals surface area contributed by atoms with Gasteiger partial charge >= 0.3 is 0 Å². The number of carbonyl (C=O) groups is 1.